The zero-order chi connectivity index (χ0) is 16.5. The van der Waals surface area contributed by atoms with Gasteiger partial charge in [0.25, 0.3) is 0 Å². The normalized spacial score (nSPS) is 12.8. The quantitative estimate of drug-likeness (QED) is 0.870. The summed E-state index contributed by atoms with van der Waals surface area (Å²) < 4.78 is 0. The maximum Gasteiger partial charge on any atom is 0.336 e. The van der Waals surface area contributed by atoms with Crippen molar-refractivity contribution in [3.05, 3.63) is 47.8 Å². The Labute approximate surface area is 130 Å². The van der Waals surface area contributed by atoms with Crippen LogP contribution in [-0.2, 0) is 0 Å². The number of unbranched alkanes of at least 4 members (excludes halogenated alkanes) is 1. The Hall–Kier alpha value is -2.50. The standard InChI is InChI=1S/C8H16N2.C8H6O4/c1-3-4-5-10-7-6-9(2)8-10;9-7(10)5-3-1-2-4-6(5)8(11)12/h6-7H,3-5,8H2,1-2H3;1-4H,(H,9,10)(H,11,12). The molecule has 0 bridgehead atoms. The second kappa shape index (κ2) is 8.71. The molecule has 0 aromatic heterocycles. The Morgan fingerprint density at radius 2 is 1.64 bits per heavy atom. The van der Waals surface area contributed by atoms with Crippen molar-refractivity contribution in [2.45, 2.75) is 19.8 Å². The molecule has 0 atom stereocenters. The molecule has 0 unspecified atom stereocenters. The van der Waals surface area contributed by atoms with Crippen LogP contribution in [0.15, 0.2) is 36.7 Å². The summed E-state index contributed by atoms with van der Waals surface area (Å²) in [4.78, 5) is 25.5. The van der Waals surface area contributed by atoms with Crippen LogP contribution in [0.2, 0.25) is 0 Å². The average molecular weight is 306 g/mol. The number of hydrogen-bond acceptors (Lipinski definition) is 4. The summed E-state index contributed by atoms with van der Waals surface area (Å²) in [5, 5.41) is 17.1. The SMILES string of the molecule is CCCCN1C=CN(C)C1.O=C(O)c1ccccc1C(=O)O. The molecule has 120 valence electrons. The van der Waals surface area contributed by atoms with E-state index in [1.807, 2.05) is 0 Å². The monoisotopic (exact) mass is 306 g/mol. The highest BCUT2D eigenvalue weighted by atomic mass is 16.4. The van der Waals surface area contributed by atoms with Gasteiger partial charge in [-0.1, -0.05) is 25.5 Å². The van der Waals surface area contributed by atoms with E-state index in [1.165, 1.54) is 43.7 Å². The van der Waals surface area contributed by atoms with Gasteiger partial charge in [0, 0.05) is 26.0 Å². The third-order valence-corrected chi connectivity index (χ3v) is 3.12. The number of rotatable bonds is 5. The van der Waals surface area contributed by atoms with Gasteiger partial charge in [0.05, 0.1) is 17.8 Å². The number of nitrogens with zero attached hydrogens (tertiary/aromatic N) is 2. The molecular formula is C16H22N2O4. The molecule has 22 heavy (non-hydrogen) atoms. The largest absolute Gasteiger partial charge is 0.478 e. The van der Waals surface area contributed by atoms with E-state index in [2.05, 4.69) is 36.2 Å². The highest BCUT2D eigenvalue weighted by molar-refractivity contribution is 6.01. The van der Waals surface area contributed by atoms with Crippen molar-refractivity contribution in [2.24, 2.45) is 0 Å². The lowest BCUT2D eigenvalue weighted by Crippen LogP contribution is -2.23. The Morgan fingerprint density at radius 3 is 2.00 bits per heavy atom. The Kier molecular flexibility index (Phi) is 6.95. The van der Waals surface area contributed by atoms with Crippen LogP contribution >= 0.6 is 0 Å². The van der Waals surface area contributed by atoms with Gasteiger partial charge in [0.15, 0.2) is 0 Å². The van der Waals surface area contributed by atoms with E-state index in [0.717, 1.165) is 6.67 Å². The third-order valence-electron chi connectivity index (χ3n) is 3.12. The number of benzene rings is 1. The van der Waals surface area contributed by atoms with Crippen LogP contribution < -0.4 is 0 Å². The van der Waals surface area contributed by atoms with Gasteiger partial charge in [-0.15, -0.1) is 0 Å². The van der Waals surface area contributed by atoms with Crippen molar-refractivity contribution in [1.82, 2.24) is 9.80 Å². The smallest absolute Gasteiger partial charge is 0.336 e. The number of carbonyl (C=O) groups is 2. The topological polar surface area (TPSA) is 81.1 Å². The minimum Gasteiger partial charge on any atom is -0.478 e. The second-order valence-corrected chi connectivity index (χ2v) is 5.02. The van der Waals surface area contributed by atoms with Gasteiger partial charge in [-0.2, -0.15) is 0 Å². The van der Waals surface area contributed by atoms with Gasteiger partial charge in [-0.05, 0) is 18.6 Å². The molecule has 2 rings (SSSR count). The number of carboxylic acids is 2. The zero-order valence-electron chi connectivity index (χ0n) is 12.9. The first-order valence-electron chi connectivity index (χ1n) is 7.14. The third kappa shape index (κ3) is 5.47. The van der Waals surface area contributed by atoms with Crippen molar-refractivity contribution < 1.29 is 19.8 Å². The van der Waals surface area contributed by atoms with Crippen LogP contribution in [0.1, 0.15) is 40.5 Å². The molecule has 2 N–H and O–H groups in total. The summed E-state index contributed by atoms with van der Waals surface area (Å²) in [6.07, 6.45) is 6.87. The van der Waals surface area contributed by atoms with E-state index < -0.39 is 11.9 Å². The molecule has 1 aliphatic rings. The predicted octanol–water partition coefficient (Wildman–Crippen LogP) is 2.55. The Morgan fingerprint density at radius 1 is 1.09 bits per heavy atom. The van der Waals surface area contributed by atoms with Crippen molar-refractivity contribution in [3.8, 4) is 0 Å². The Balaban J connectivity index is 0.000000224. The fraction of sp³-hybridized carbons (Fsp3) is 0.375. The fourth-order valence-electron chi connectivity index (χ4n) is 1.95. The Bertz CT molecular complexity index is 510. The molecule has 1 aromatic carbocycles. The molecule has 0 fully saturated rings. The average Bonchev–Trinajstić information content (AvgIpc) is 2.91. The van der Waals surface area contributed by atoms with Gasteiger partial charge in [-0.25, -0.2) is 9.59 Å². The van der Waals surface area contributed by atoms with E-state index >= 15 is 0 Å². The van der Waals surface area contributed by atoms with Crippen molar-refractivity contribution in [3.63, 3.8) is 0 Å². The van der Waals surface area contributed by atoms with Gasteiger partial charge in [-0.3, -0.25) is 0 Å². The first-order valence-corrected chi connectivity index (χ1v) is 7.14. The van der Waals surface area contributed by atoms with Crippen LogP contribution in [0.25, 0.3) is 0 Å². The van der Waals surface area contributed by atoms with E-state index in [-0.39, 0.29) is 11.1 Å². The fourth-order valence-corrected chi connectivity index (χ4v) is 1.95. The summed E-state index contributed by atoms with van der Waals surface area (Å²) in [5.74, 6) is -2.46. The predicted molar refractivity (Wildman–Crippen MR) is 83.7 cm³/mol. The van der Waals surface area contributed by atoms with E-state index in [9.17, 15) is 9.59 Å². The lowest BCUT2D eigenvalue weighted by molar-refractivity contribution is 0.0651. The highest BCUT2D eigenvalue weighted by Gasteiger charge is 2.13. The van der Waals surface area contributed by atoms with Crippen LogP contribution in [0.5, 0.6) is 0 Å². The molecule has 0 radical (unpaired) electrons. The van der Waals surface area contributed by atoms with Gasteiger partial charge < -0.3 is 20.0 Å². The van der Waals surface area contributed by atoms with Crippen LogP contribution in [0, 0.1) is 0 Å². The maximum atomic E-state index is 10.5. The first-order chi connectivity index (χ1) is 10.5. The molecule has 6 nitrogen and oxygen atoms in total. The molecule has 0 amide bonds. The molecule has 0 saturated carbocycles. The molecule has 6 heteroatoms. The highest BCUT2D eigenvalue weighted by Crippen LogP contribution is 2.08. The van der Waals surface area contributed by atoms with E-state index in [0.29, 0.717) is 0 Å². The molecular weight excluding hydrogens is 284 g/mol. The molecule has 1 heterocycles. The summed E-state index contributed by atoms with van der Waals surface area (Å²) in [6, 6.07) is 5.48. The summed E-state index contributed by atoms with van der Waals surface area (Å²) >= 11 is 0. The lowest BCUT2D eigenvalue weighted by atomic mass is 10.1. The molecule has 1 aromatic rings. The van der Waals surface area contributed by atoms with E-state index in [4.69, 9.17) is 10.2 Å². The van der Waals surface area contributed by atoms with E-state index in [1.54, 1.807) is 0 Å². The number of aromatic carboxylic acids is 2. The van der Waals surface area contributed by atoms with Crippen LogP contribution in [-0.4, -0.2) is 52.2 Å². The first kappa shape index (κ1) is 17.6. The summed E-state index contributed by atoms with van der Waals surface area (Å²) in [5.41, 5.74) is -0.380. The maximum absolute atomic E-state index is 10.5. The summed E-state index contributed by atoms with van der Waals surface area (Å²) in [6.45, 7) is 4.50. The molecule has 0 spiro atoms. The van der Waals surface area contributed by atoms with Crippen molar-refractivity contribution >= 4 is 11.9 Å². The van der Waals surface area contributed by atoms with Gasteiger partial charge >= 0.3 is 11.9 Å². The molecule has 0 aliphatic carbocycles. The number of hydrogen-bond donors (Lipinski definition) is 2. The minimum atomic E-state index is -1.23. The molecule has 1 aliphatic heterocycles. The van der Waals surface area contributed by atoms with Crippen LogP contribution in [0.4, 0.5) is 0 Å². The summed E-state index contributed by atoms with van der Waals surface area (Å²) in [7, 11) is 2.10. The van der Waals surface area contributed by atoms with Crippen molar-refractivity contribution in [2.75, 3.05) is 20.3 Å². The second-order valence-electron chi connectivity index (χ2n) is 5.02. The van der Waals surface area contributed by atoms with Crippen molar-refractivity contribution in [1.29, 1.82) is 0 Å². The van der Waals surface area contributed by atoms with Crippen LogP contribution in [0.3, 0.4) is 0 Å². The number of carboxylic acid groups (broad SMARTS) is 2. The zero-order valence-corrected chi connectivity index (χ0v) is 12.9. The van der Waals surface area contributed by atoms with Gasteiger partial charge in [0.1, 0.15) is 0 Å². The van der Waals surface area contributed by atoms with Gasteiger partial charge in [0.2, 0.25) is 0 Å². The minimum absolute atomic E-state index is 0.190. The molecule has 0 saturated heterocycles. The lowest BCUT2D eigenvalue weighted by Gasteiger charge is -2.17.